The first kappa shape index (κ1) is 8.43. The highest BCUT2D eigenvalue weighted by Gasteiger charge is 2.12. The molecule has 49 valence electrons. The van der Waals surface area contributed by atoms with Crippen molar-refractivity contribution in [1.29, 1.82) is 0 Å². The molecular formula is C6H17Si2. The molecular weight excluding hydrogens is 128 g/mol. The van der Waals surface area contributed by atoms with Crippen molar-refractivity contribution in [2.45, 2.75) is 38.9 Å². The van der Waals surface area contributed by atoms with Crippen LogP contribution in [-0.4, -0.2) is 17.4 Å². The van der Waals surface area contributed by atoms with Gasteiger partial charge in [0.25, 0.3) is 0 Å². The van der Waals surface area contributed by atoms with Crippen molar-refractivity contribution in [1.82, 2.24) is 0 Å². The van der Waals surface area contributed by atoms with Crippen LogP contribution in [0.1, 0.15) is 20.8 Å². The van der Waals surface area contributed by atoms with Gasteiger partial charge in [-0.1, -0.05) is 38.9 Å². The maximum absolute atomic E-state index is 2.45. The first-order valence-corrected chi connectivity index (χ1v) is 8.83. The van der Waals surface area contributed by atoms with Crippen molar-refractivity contribution in [3.8, 4) is 0 Å². The van der Waals surface area contributed by atoms with Gasteiger partial charge in [0.15, 0.2) is 0 Å². The second kappa shape index (κ2) is 2.83. The topological polar surface area (TPSA) is 0 Å². The lowest BCUT2D eigenvalue weighted by atomic mass is 10.3. The van der Waals surface area contributed by atoms with Gasteiger partial charge in [0.05, 0.1) is 0 Å². The van der Waals surface area contributed by atoms with Crippen molar-refractivity contribution in [3.63, 3.8) is 0 Å². The van der Waals surface area contributed by atoms with Crippen molar-refractivity contribution in [2.75, 3.05) is 0 Å². The van der Waals surface area contributed by atoms with Gasteiger partial charge in [0, 0.05) is 17.4 Å². The molecule has 8 heavy (non-hydrogen) atoms. The van der Waals surface area contributed by atoms with Gasteiger partial charge >= 0.3 is 0 Å². The first-order valence-electron chi connectivity index (χ1n) is 3.28. The fourth-order valence-corrected chi connectivity index (χ4v) is 9.00. The Bertz CT molecular complexity index is 61.4. The van der Waals surface area contributed by atoms with Crippen LogP contribution in [0.5, 0.6) is 0 Å². The second-order valence-electron chi connectivity index (χ2n) is 3.78. The van der Waals surface area contributed by atoms with Crippen LogP contribution in [0.25, 0.3) is 0 Å². The number of hydrogen-bond acceptors (Lipinski definition) is 0. The van der Waals surface area contributed by atoms with E-state index in [0.29, 0.717) is 5.04 Å². The molecule has 0 N–H and O–H groups in total. The Balaban J connectivity index is 3.39. The van der Waals surface area contributed by atoms with E-state index < -0.39 is 0 Å². The van der Waals surface area contributed by atoms with Crippen LogP contribution >= 0.6 is 0 Å². The van der Waals surface area contributed by atoms with Gasteiger partial charge in [-0.05, 0) is 0 Å². The quantitative estimate of drug-likeness (QED) is 0.492. The molecule has 0 heterocycles. The smallest absolute Gasteiger partial charge is 0.0241 e. The number of rotatable bonds is 1. The standard InChI is InChI=1S/C6H17Si2/c1-6(2,3)7-8(4)5/h7-8H,1-5H3. The monoisotopic (exact) mass is 145 g/mol. The average Bonchev–Trinajstić information content (AvgIpc) is 1.21. The van der Waals surface area contributed by atoms with Crippen LogP contribution in [0.2, 0.25) is 18.1 Å². The summed E-state index contributed by atoms with van der Waals surface area (Å²) in [7, 11) is 0.568. The van der Waals surface area contributed by atoms with Crippen molar-refractivity contribution < 1.29 is 0 Å². The molecule has 2 heteroatoms. The molecule has 0 nitrogen and oxygen atoms in total. The summed E-state index contributed by atoms with van der Waals surface area (Å²) in [5.74, 6) is 0. The molecule has 0 amide bonds. The highest BCUT2D eigenvalue weighted by atomic mass is 29.2. The molecule has 0 unspecified atom stereocenters. The molecule has 0 aromatic rings. The lowest BCUT2D eigenvalue weighted by Crippen LogP contribution is -2.22. The molecule has 0 aromatic heterocycles. The van der Waals surface area contributed by atoms with E-state index in [4.69, 9.17) is 0 Å². The summed E-state index contributed by atoms with van der Waals surface area (Å²) in [6, 6.07) is 0. The first-order chi connectivity index (χ1) is 3.42. The van der Waals surface area contributed by atoms with Crippen LogP contribution < -0.4 is 0 Å². The lowest BCUT2D eigenvalue weighted by molar-refractivity contribution is 0.762. The Morgan fingerprint density at radius 2 is 1.50 bits per heavy atom. The Kier molecular flexibility index (Phi) is 2.98. The average molecular weight is 145 g/mol. The van der Waals surface area contributed by atoms with E-state index in [1.54, 1.807) is 0 Å². The van der Waals surface area contributed by atoms with E-state index in [9.17, 15) is 0 Å². The summed E-state index contributed by atoms with van der Waals surface area (Å²) in [4.78, 5) is 0. The van der Waals surface area contributed by atoms with Gasteiger partial charge in [0.1, 0.15) is 0 Å². The normalized spacial score (nSPS) is 12.8. The molecule has 0 aliphatic rings. The van der Waals surface area contributed by atoms with E-state index in [1.165, 1.54) is 0 Å². The predicted molar refractivity (Wildman–Crippen MR) is 45.7 cm³/mol. The predicted octanol–water partition coefficient (Wildman–Crippen LogP) is 1.62. The van der Waals surface area contributed by atoms with Crippen molar-refractivity contribution in [2.24, 2.45) is 0 Å². The Hall–Kier alpha value is 0.434. The minimum absolute atomic E-state index is 0.212. The van der Waals surface area contributed by atoms with E-state index in [1.807, 2.05) is 0 Å². The third-order valence-corrected chi connectivity index (χ3v) is 7.50. The Labute approximate surface area is 56.9 Å². The summed E-state index contributed by atoms with van der Waals surface area (Å²) in [5, 5.41) is 0.667. The summed E-state index contributed by atoms with van der Waals surface area (Å²) in [5.41, 5.74) is 0. The van der Waals surface area contributed by atoms with Crippen LogP contribution in [0.15, 0.2) is 0 Å². The molecule has 0 aliphatic heterocycles. The second-order valence-corrected chi connectivity index (χ2v) is 13.3. The van der Waals surface area contributed by atoms with Gasteiger partial charge < -0.3 is 0 Å². The van der Waals surface area contributed by atoms with Crippen LogP contribution in [0, 0.1) is 0 Å². The largest absolute Gasteiger partial charge is 0.0745 e. The Morgan fingerprint density at radius 1 is 1.12 bits per heavy atom. The maximum Gasteiger partial charge on any atom is 0.0241 e. The SMILES string of the molecule is C[SiH](C)[SiH]C(C)(C)C. The molecule has 0 rings (SSSR count). The van der Waals surface area contributed by atoms with Crippen molar-refractivity contribution in [3.05, 3.63) is 0 Å². The van der Waals surface area contributed by atoms with Crippen molar-refractivity contribution >= 4 is 17.4 Å². The molecule has 0 aliphatic carbocycles. The summed E-state index contributed by atoms with van der Waals surface area (Å²) < 4.78 is 0. The highest BCUT2D eigenvalue weighted by Crippen LogP contribution is 2.20. The zero-order valence-corrected chi connectivity index (χ0v) is 8.96. The summed E-state index contributed by atoms with van der Waals surface area (Å²) >= 11 is 0. The van der Waals surface area contributed by atoms with E-state index in [2.05, 4.69) is 33.9 Å². The van der Waals surface area contributed by atoms with E-state index >= 15 is 0 Å². The van der Waals surface area contributed by atoms with Gasteiger partial charge in [-0.15, -0.1) is 0 Å². The van der Waals surface area contributed by atoms with Gasteiger partial charge in [0.2, 0.25) is 0 Å². The zero-order chi connectivity index (χ0) is 6.78. The number of hydrogen-bond donors (Lipinski definition) is 0. The molecule has 0 bridgehead atoms. The molecule has 1 radical (unpaired) electrons. The third-order valence-electron chi connectivity index (χ3n) is 0.833. The van der Waals surface area contributed by atoms with Gasteiger partial charge in [-0.25, -0.2) is 0 Å². The summed E-state index contributed by atoms with van der Waals surface area (Å²) in [6.07, 6.45) is 0. The minimum Gasteiger partial charge on any atom is -0.0745 e. The Morgan fingerprint density at radius 3 is 1.50 bits per heavy atom. The third kappa shape index (κ3) is 6.43. The molecule has 0 saturated carbocycles. The lowest BCUT2D eigenvalue weighted by Gasteiger charge is -2.18. The maximum atomic E-state index is 2.45. The fourth-order valence-electron chi connectivity index (χ4n) is 1.00. The molecule has 0 spiro atoms. The van der Waals surface area contributed by atoms with Gasteiger partial charge in [-0.3, -0.25) is 0 Å². The van der Waals surface area contributed by atoms with E-state index in [0.717, 1.165) is 9.04 Å². The minimum atomic E-state index is -0.212. The fraction of sp³-hybridized carbons (Fsp3) is 1.00. The molecule has 0 atom stereocenters. The summed E-state index contributed by atoms with van der Waals surface area (Å²) in [6.45, 7) is 12.0. The van der Waals surface area contributed by atoms with Gasteiger partial charge in [-0.2, -0.15) is 0 Å². The van der Waals surface area contributed by atoms with E-state index in [-0.39, 0.29) is 8.31 Å². The van der Waals surface area contributed by atoms with Crippen LogP contribution in [0.3, 0.4) is 0 Å². The molecule has 0 saturated heterocycles. The highest BCUT2D eigenvalue weighted by molar-refractivity contribution is 7.12. The van der Waals surface area contributed by atoms with Crippen LogP contribution in [-0.2, 0) is 0 Å². The van der Waals surface area contributed by atoms with Crippen LogP contribution in [0.4, 0.5) is 0 Å². The molecule has 0 fully saturated rings. The molecule has 0 aromatic carbocycles. The zero-order valence-electron chi connectivity index (χ0n) is 6.65.